The smallest absolute Gasteiger partial charge is 0.122 e. The van der Waals surface area contributed by atoms with Gasteiger partial charge in [-0.25, -0.2) is 4.98 Å². The average Bonchev–Trinajstić information content (AvgIpc) is 2.75. The van der Waals surface area contributed by atoms with Gasteiger partial charge in [0.25, 0.3) is 0 Å². The monoisotopic (exact) mass is 263 g/mol. The minimum atomic E-state index is 0.405. The minimum absolute atomic E-state index is 0.405. The summed E-state index contributed by atoms with van der Waals surface area (Å²) >= 11 is 5.87. The third kappa shape index (κ3) is 3.59. The van der Waals surface area contributed by atoms with Gasteiger partial charge < -0.3 is 9.88 Å². The number of nitrogens with zero attached hydrogens (tertiary/aromatic N) is 2. The van der Waals surface area contributed by atoms with Gasteiger partial charge in [0.05, 0.1) is 6.54 Å². The molecule has 0 saturated heterocycles. The Bertz CT molecular complexity index is 490. The zero-order chi connectivity index (χ0) is 13.0. The SMILES string of the molecule is CC(Cc1ccc(Cl)cc1)NCc1nccn1C. The molecule has 3 nitrogen and oxygen atoms in total. The van der Waals surface area contributed by atoms with Crippen molar-refractivity contribution in [3.63, 3.8) is 0 Å². The molecule has 0 aliphatic carbocycles. The van der Waals surface area contributed by atoms with E-state index in [0.29, 0.717) is 6.04 Å². The summed E-state index contributed by atoms with van der Waals surface area (Å²) in [7, 11) is 2.01. The molecule has 0 aliphatic heterocycles. The summed E-state index contributed by atoms with van der Waals surface area (Å²) in [6.45, 7) is 2.97. The molecule has 96 valence electrons. The quantitative estimate of drug-likeness (QED) is 0.899. The Hall–Kier alpha value is -1.32. The highest BCUT2D eigenvalue weighted by Crippen LogP contribution is 2.11. The van der Waals surface area contributed by atoms with E-state index >= 15 is 0 Å². The maximum atomic E-state index is 5.87. The van der Waals surface area contributed by atoms with Crippen LogP contribution in [0.1, 0.15) is 18.3 Å². The molecule has 4 heteroatoms. The lowest BCUT2D eigenvalue weighted by atomic mass is 10.1. The standard InChI is InChI=1S/C14H18ClN3/c1-11(9-12-3-5-13(15)6-4-12)17-10-14-16-7-8-18(14)2/h3-8,11,17H,9-10H2,1-2H3. The molecular weight excluding hydrogens is 246 g/mol. The van der Waals surface area contributed by atoms with Crippen molar-refractivity contribution in [2.24, 2.45) is 7.05 Å². The number of rotatable bonds is 5. The Labute approximate surface area is 113 Å². The van der Waals surface area contributed by atoms with Crippen molar-refractivity contribution in [1.82, 2.24) is 14.9 Å². The van der Waals surface area contributed by atoms with Crippen LogP contribution in [0.4, 0.5) is 0 Å². The van der Waals surface area contributed by atoms with Crippen LogP contribution in [0.25, 0.3) is 0 Å². The minimum Gasteiger partial charge on any atom is -0.337 e. The summed E-state index contributed by atoms with van der Waals surface area (Å²) in [5.41, 5.74) is 1.29. The molecule has 1 N–H and O–H groups in total. The number of hydrogen-bond donors (Lipinski definition) is 1. The van der Waals surface area contributed by atoms with Crippen molar-refractivity contribution in [2.75, 3.05) is 0 Å². The van der Waals surface area contributed by atoms with E-state index < -0.39 is 0 Å². The fourth-order valence-corrected chi connectivity index (χ4v) is 2.00. The van der Waals surface area contributed by atoms with Crippen LogP contribution in [0, 0.1) is 0 Å². The van der Waals surface area contributed by atoms with Crippen molar-refractivity contribution >= 4 is 11.6 Å². The Morgan fingerprint density at radius 2 is 2.06 bits per heavy atom. The number of benzene rings is 1. The number of aryl methyl sites for hydroxylation is 1. The maximum absolute atomic E-state index is 5.87. The van der Waals surface area contributed by atoms with E-state index in [1.807, 2.05) is 36.1 Å². The van der Waals surface area contributed by atoms with E-state index in [9.17, 15) is 0 Å². The van der Waals surface area contributed by atoms with E-state index in [0.717, 1.165) is 23.8 Å². The van der Waals surface area contributed by atoms with Crippen molar-refractivity contribution < 1.29 is 0 Å². The molecule has 18 heavy (non-hydrogen) atoms. The van der Waals surface area contributed by atoms with E-state index in [-0.39, 0.29) is 0 Å². The van der Waals surface area contributed by atoms with Gasteiger partial charge in [-0.05, 0) is 31.0 Å². The Balaban J connectivity index is 1.83. The molecule has 0 saturated carbocycles. The maximum Gasteiger partial charge on any atom is 0.122 e. The first-order chi connectivity index (χ1) is 8.65. The van der Waals surface area contributed by atoms with Gasteiger partial charge in [0.15, 0.2) is 0 Å². The van der Waals surface area contributed by atoms with Gasteiger partial charge in [-0.15, -0.1) is 0 Å². The molecule has 2 rings (SSSR count). The van der Waals surface area contributed by atoms with Crippen LogP contribution in [0.3, 0.4) is 0 Å². The largest absolute Gasteiger partial charge is 0.337 e. The molecule has 0 fully saturated rings. The summed E-state index contributed by atoms with van der Waals surface area (Å²) in [4.78, 5) is 4.29. The number of nitrogens with one attached hydrogen (secondary N) is 1. The lowest BCUT2D eigenvalue weighted by Crippen LogP contribution is -2.28. The van der Waals surface area contributed by atoms with E-state index in [2.05, 4.69) is 29.4 Å². The van der Waals surface area contributed by atoms with Crippen molar-refractivity contribution in [3.05, 3.63) is 53.1 Å². The normalized spacial score (nSPS) is 12.6. The van der Waals surface area contributed by atoms with E-state index in [1.165, 1.54) is 5.56 Å². The number of hydrogen-bond acceptors (Lipinski definition) is 2. The van der Waals surface area contributed by atoms with Gasteiger partial charge in [-0.3, -0.25) is 0 Å². The fraction of sp³-hybridized carbons (Fsp3) is 0.357. The highest BCUT2D eigenvalue weighted by molar-refractivity contribution is 6.30. The molecule has 1 aromatic heterocycles. The zero-order valence-corrected chi connectivity index (χ0v) is 11.5. The second-order valence-corrected chi connectivity index (χ2v) is 5.00. The highest BCUT2D eigenvalue weighted by Gasteiger charge is 2.05. The first kappa shape index (κ1) is 13.1. The fourth-order valence-electron chi connectivity index (χ4n) is 1.88. The third-order valence-corrected chi connectivity index (χ3v) is 3.24. The molecule has 1 aromatic carbocycles. The van der Waals surface area contributed by atoms with Crippen molar-refractivity contribution in [2.45, 2.75) is 25.9 Å². The second-order valence-electron chi connectivity index (χ2n) is 4.57. The van der Waals surface area contributed by atoms with Gasteiger partial charge >= 0.3 is 0 Å². The van der Waals surface area contributed by atoms with Crippen LogP contribution >= 0.6 is 11.6 Å². The highest BCUT2D eigenvalue weighted by atomic mass is 35.5. The van der Waals surface area contributed by atoms with Crippen LogP contribution in [0.2, 0.25) is 5.02 Å². The van der Waals surface area contributed by atoms with Gasteiger partial charge in [-0.2, -0.15) is 0 Å². The molecule has 1 unspecified atom stereocenters. The third-order valence-electron chi connectivity index (χ3n) is 2.98. The van der Waals surface area contributed by atoms with E-state index in [1.54, 1.807) is 0 Å². The molecule has 2 aromatic rings. The summed E-state index contributed by atoms with van der Waals surface area (Å²) in [5.74, 6) is 1.05. The van der Waals surface area contributed by atoms with Gasteiger partial charge in [0.2, 0.25) is 0 Å². The van der Waals surface area contributed by atoms with Crippen LogP contribution in [-0.2, 0) is 20.0 Å². The van der Waals surface area contributed by atoms with Crippen molar-refractivity contribution in [1.29, 1.82) is 0 Å². The van der Waals surface area contributed by atoms with Crippen LogP contribution in [0.15, 0.2) is 36.7 Å². The number of aromatic nitrogens is 2. The first-order valence-electron chi connectivity index (χ1n) is 6.09. The topological polar surface area (TPSA) is 29.9 Å². The molecule has 0 spiro atoms. The second kappa shape index (κ2) is 6.03. The molecule has 0 amide bonds. The van der Waals surface area contributed by atoms with Crippen LogP contribution in [-0.4, -0.2) is 15.6 Å². The lowest BCUT2D eigenvalue weighted by molar-refractivity contribution is 0.526. The van der Waals surface area contributed by atoms with E-state index in [4.69, 9.17) is 11.6 Å². The van der Waals surface area contributed by atoms with Gasteiger partial charge in [-0.1, -0.05) is 23.7 Å². The van der Waals surface area contributed by atoms with Crippen LogP contribution in [0.5, 0.6) is 0 Å². The predicted octanol–water partition coefficient (Wildman–Crippen LogP) is 2.79. The molecule has 1 heterocycles. The van der Waals surface area contributed by atoms with Gasteiger partial charge in [0.1, 0.15) is 5.82 Å². The zero-order valence-electron chi connectivity index (χ0n) is 10.7. The summed E-state index contributed by atoms with van der Waals surface area (Å²) in [6, 6.07) is 8.41. The number of imidazole rings is 1. The molecular formula is C14H18ClN3. The van der Waals surface area contributed by atoms with Gasteiger partial charge in [0, 0.05) is 30.5 Å². The Morgan fingerprint density at radius 3 is 2.67 bits per heavy atom. The predicted molar refractivity (Wildman–Crippen MR) is 74.7 cm³/mol. The van der Waals surface area contributed by atoms with Crippen molar-refractivity contribution in [3.8, 4) is 0 Å². The summed E-state index contributed by atoms with van der Waals surface area (Å²) in [5, 5.41) is 4.26. The molecule has 0 bridgehead atoms. The van der Waals surface area contributed by atoms with Crippen LogP contribution < -0.4 is 5.32 Å². The molecule has 1 atom stereocenters. The molecule has 0 radical (unpaired) electrons. The Morgan fingerprint density at radius 1 is 1.33 bits per heavy atom. The number of halogens is 1. The first-order valence-corrected chi connectivity index (χ1v) is 6.47. The summed E-state index contributed by atoms with van der Waals surface area (Å²) < 4.78 is 2.03. The Kier molecular flexibility index (Phi) is 4.39. The summed E-state index contributed by atoms with van der Waals surface area (Å²) in [6.07, 6.45) is 4.77. The molecule has 0 aliphatic rings. The average molecular weight is 264 g/mol. The lowest BCUT2D eigenvalue weighted by Gasteiger charge is -2.13.